The van der Waals surface area contributed by atoms with Gasteiger partial charge in [0.25, 0.3) is 0 Å². The second kappa shape index (κ2) is 5.75. The molecule has 0 aromatic heterocycles. The molecule has 0 aromatic rings. The van der Waals surface area contributed by atoms with Gasteiger partial charge in [-0.25, -0.2) is 4.48 Å². The predicted molar refractivity (Wildman–Crippen MR) is 45.5 cm³/mol. The van der Waals surface area contributed by atoms with Crippen LogP contribution in [0.3, 0.4) is 0 Å². The van der Waals surface area contributed by atoms with E-state index in [4.69, 9.17) is 10.4 Å². The maximum Gasteiger partial charge on any atom is 0.308 e. The zero-order valence-electron chi connectivity index (χ0n) is 7.56. The molecule has 76 valence electrons. The molecule has 0 rings (SSSR count). The normalized spacial score (nSPS) is 12.5. The van der Waals surface area contributed by atoms with Crippen LogP contribution in [0.25, 0.3) is 0 Å². The fourth-order valence-corrected chi connectivity index (χ4v) is 0.825. The van der Waals surface area contributed by atoms with Crippen LogP contribution in [-0.2, 0) is 4.79 Å². The van der Waals surface area contributed by atoms with E-state index in [1.807, 2.05) is 6.19 Å². The van der Waals surface area contributed by atoms with Crippen LogP contribution in [0.4, 0.5) is 0 Å². The molecule has 5 nitrogen and oxygen atoms in total. The molecule has 0 bridgehead atoms. The van der Waals surface area contributed by atoms with E-state index in [1.165, 1.54) is 0 Å². The monoisotopic (exact) mass is 208 g/mol. The third kappa shape index (κ3) is 7.53. The van der Waals surface area contributed by atoms with Crippen molar-refractivity contribution in [2.45, 2.75) is 12.5 Å². The number of quaternary nitrogens is 1. The van der Waals surface area contributed by atoms with Crippen molar-refractivity contribution in [1.82, 2.24) is 0 Å². The molecule has 0 aliphatic rings. The molecular weight excluding hydrogens is 196 g/mol. The van der Waals surface area contributed by atoms with Crippen molar-refractivity contribution in [1.29, 1.82) is 5.26 Å². The van der Waals surface area contributed by atoms with Crippen LogP contribution in [0, 0.1) is 11.5 Å². The van der Waals surface area contributed by atoms with E-state index in [-0.39, 0.29) is 23.4 Å². The average Bonchev–Trinajstić information content (AvgIpc) is 1.84. The number of aliphatic hydroxyl groups excluding tert-OH is 1. The van der Waals surface area contributed by atoms with Gasteiger partial charge in [0, 0.05) is 12.4 Å². The fourth-order valence-electron chi connectivity index (χ4n) is 0.825. The number of halogens is 1. The van der Waals surface area contributed by atoms with Gasteiger partial charge in [0.1, 0.15) is 12.6 Å². The van der Waals surface area contributed by atoms with Crippen LogP contribution in [0.15, 0.2) is 0 Å². The molecule has 0 radical (unpaired) electrons. The third-order valence-electron chi connectivity index (χ3n) is 1.34. The Morgan fingerprint density at radius 1 is 1.69 bits per heavy atom. The van der Waals surface area contributed by atoms with Gasteiger partial charge in [-0.2, -0.15) is 0 Å². The summed E-state index contributed by atoms with van der Waals surface area (Å²) in [5.74, 6) is -1.31. The zero-order chi connectivity index (χ0) is 9.78. The lowest BCUT2D eigenvalue weighted by Crippen LogP contribution is -2.42. The summed E-state index contributed by atoms with van der Waals surface area (Å²) in [4.78, 5) is 10.0. The Bertz CT molecular complexity index is 212. The highest BCUT2D eigenvalue weighted by atomic mass is 35.5. The molecule has 0 saturated heterocycles. The number of hydrogen-bond donors (Lipinski definition) is 1. The molecule has 0 aromatic carbocycles. The molecule has 6 heteroatoms. The lowest BCUT2D eigenvalue weighted by Gasteiger charge is -2.21. The number of aliphatic carboxylic acids is 1. The number of carboxylic acid groups (broad SMARTS) is 1. The van der Waals surface area contributed by atoms with Gasteiger partial charge in [0.05, 0.1) is 14.1 Å². The van der Waals surface area contributed by atoms with E-state index >= 15 is 0 Å². The van der Waals surface area contributed by atoms with Gasteiger partial charge in [-0.05, 0) is 0 Å². The number of carboxylic acids is 1. The molecule has 1 unspecified atom stereocenters. The number of rotatable bonds is 4. The van der Waals surface area contributed by atoms with Gasteiger partial charge in [-0.1, -0.05) is 0 Å². The largest absolute Gasteiger partial charge is 0.550 e. The van der Waals surface area contributed by atoms with Crippen molar-refractivity contribution in [2.24, 2.45) is 0 Å². The van der Waals surface area contributed by atoms with Crippen molar-refractivity contribution < 1.29 is 19.5 Å². The lowest BCUT2D eigenvalue weighted by atomic mass is 10.2. The van der Waals surface area contributed by atoms with Gasteiger partial charge in [0.2, 0.25) is 0 Å². The molecule has 0 fully saturated rings. The highest BCUT2D eigenvalue weighted by Crippen LogP contribution is 1.99. The van der Waals surface area contributed by atoms with Crippen molar-refractivity contribution in [3.8, 4) is 6.19 Å². The molecule has 0 heterocycles. The van der Waals surface area contributed by atoms with Crippen LogP contribution in [0.5, 0.6) is 0 Å². The first kappa shape index (κ1) is 14.7. The molecule has 1 atom stereocenters. The summed E-state index contributed by atoms with van der Waals surface area (Å²) in [6.45, 7) is 0.0878. The third-order valence-corrected chi connectivity index (χ3v) is 1.34. The number of nitriles is 1. The van der Waals surface area contributed by atoms with Gasteiger partial charge in [-0.15, -0.1) is 17.7 Å². The summed E-state index contributed by atoms with van der Waals surface area (Å²) >= 11 is 0. The number of likely N-dealkylation sites (N-methyl/N-ethyl adjacent to an activating group) is 1. The maximum absolute atomic E-state index is 10.0. The predicted octanol–water partition coefficient (Wildman–Crippen LogP) is -1.53. The SMILES string of the molecule is C[N+](C)(C#N)CC(O)CC(=O)[O-].Cl. The van der Waals surface area contributed by atoms with Gasteiger partial charge in [-0.3, -0.25) is 0 Å². The second-order valence-electron chi connectivity index (χ2n) is 3.20. The Labute approximate surface area is 83.2 Å². The Hall–Kier alpha value is -0.830. The smallest absolute Gasteiger partial charge is 0.308 e. The standard InChI is InChI=1S/C7H12N2O3.ClH/c1-9(2,5-8)4-6(10)3-7(11)12;/h6,10H,3-4H2,1-2H3;1H. The molecule has 0 amide bonds. The molecule has 0 saturated carbocycles. The average molecular weight is 209 g/mol. The Kier molecular flexibility index (Phi) is 6.50. The van der Waals surface area contributed by atoms with E-state index in [2.05, 4.69) is 0 Å². The van der Waals surface area contributed by atoms with Gasteiger partial charge >= 0.3 is 6.19 Å². The molecule has 0 spiro atoms. The minimum Gasteiger partial charge on any atom is -0.550 e. The topological polar surface area (TPSA) is 84.1 Å². The van der Waals surface area contributed by atoms with E-state index in [0.717, 1.165) is 0 Å². The summed E-state index contributed by atoms with van der Waals surface area (Å²) in [6, 6.07) is 0. The minimum absolute atomic E-state index is 0. The first-order valence-electron chi connectivity index (χ1n) is 3.49. The van der Waals surface area contributed by atoms with Crippen molar-refractivity contribution in [3.05, 3.63) is 0 Å². The van der Waals surface area contributed by atoms with E-state index in [0.29, 0.717) is 0 Å². The van der Waals surface area contributed by atoms with Crippen LogP contribution < -0.4 is 5.11 Å². The first-order chi connectivity index (χ1) is 5.37. The van der Waals surface area contributed by atoms with E-state index < -0.39 is 18.5 Å². The number of carbonyl (C=O) groups excluding carboxylic acids is 1. The summed E-state index contributed by atoms with van der Waals surface area (Å²) < 4.78 is -0.0750. The quantitative estimate of drug-likeness (QED) is 0.449. The van der Waals surface area contributed by atoms with Crippen molar-refractivity contribution >= 4 is 18.4 Å². The van der Waals surface area contributed by atoms with E-state index in [1.54, 1.807) is 14.1 Å². The van der Waals surface area contributed by atoms with Crippen LogP contribution in [0.1, 0.15) is 6.42 Å². The molecule has 13 heavy (non-hydrogen) atoms. The molecule has 0 aliphatic heterocycles. The summed E-state index contributed by atoms with van der Waals surface area (Å²) in [5.41, 5.74) is 0. The number of carbonyl (C=O) groups is 1. The first-order valence-corrected chi connectivity index (χ1v) is 3.49. The second-order valence-corrected chi connectivity index (χ2v) is 3.20. The Morgan fingerprint density at radius 2 is 2.15 bits per heavy atom. The summed E-state index contributed by atoms with van der Waals surface area (Å²) in [5, 5.41) is 27.6. The molecule has 0 aliphatic carbocycles. The minimum atomic E-state index is -1.31. The number of aliphatic hydroxyl groups is 1. The highest BCUT2D eigenvalue weighted by Gasteiger charge is 2.20. The van der Waals surface area contributed by atoms with Crippen LogP contribution in [0.2, 0.25) is 0 Å². The number of hydrogen-bond acceptors (Lipinski definition) is 4. The number of nitrogens with zero attached hydrogens (tertiary/aromatic N) is 2. The Morgan fingerprint density at radius 3 is 2.46 bits per heavy atom. The fraction of sp³-hybridized carbons (Fsp3) is 0.714. The van der Waals surface area contributed by atoms with E-state index in [9.17, 15) is 9.90 Å². The Balaban J connectivity index is 0. The zero-order valence-corrected chi connectivity index (χ0v) is 8.37. The van der Waals surface area contributed by atoms with Crippen LogP contribution >= 0.6 is 12.4 Å². The lowest BCUT2D eigenvalue weighted by molar-refractivity contribution is -0.828. The van der Waals surface area contributed by atoms with Gasteiger partial charge < -0.3 is 15.0 Å². The summed E-state index contributed by atoms with van der Waals surface area (Å²) in [6.07, 6.45) is 0.459. The van der Waals surface area contributed by atoms with Crippen molar-refractivity contribution in [3.63, 3.8) is 0 Å². The van der Waals surface area contributed by atoms with Gasteiger partial charge in [0.15, 0.2) is 0 Å². The highest BCUT2D eigenvalue weighted by molar-refractivity contribution is 5.85. The summed E-state index contributed by atoms with van der Waals surface area (Å²) in [7, 11) is 3.16. The molecule has 1 N–H and O–H groups in total. The van der Waals surface area contributed by atoms with Crippen LogP contribution in [-0.4, -0.2) is 42.3 Å². The van der Waals surface area contributed by atoms with Crippen molar-refractivity contribution in [2.75, 3.05) is 20.6 Å². The molecular formula is C7H13ClN2O3. The maximum atomic E-state index is 10.0.